The SMILES string of the molecule is CSc1nc2ccccc2c(=O)n1CC(C)=O. The molecule has 0 N–H and O–H groups in total. The summed E-state index contributed by atoms with van der Waals surface area (Å²) in [6.45, 7) is 1.54. The number of hydrogen-bond acceptors (Lipinski definition) is 4. The van der Waals surface area contributed by atoms with Crippen LogP contribution in [0, 0.1) is 0 Å². The molecular formula is C12H12N2O2S. The zero-order valence-corrected chi connectivity index (χ0v) is 10.5. The van der Waals surface area contributed by atoms with E-state index in [4.69, 9.17) is 0 Å². The zero-order valence-electron chi connectivity index (χ0n) is 9.64. The average Bonchev–Trinajstić information content (AvgIpc) is 2.32. The number of Topliss-reactive ketones (excluding diaryl/α,β-unsaturated/α-hetero) is 1. The summed E-state index contributed by atoms with van der Waals surface area (Å²) in [5.74, 6) is -0.0560. The van der Waals surface area contributed by atoms with Gasteiger partial charge in [0.25, 0.3) is 5.56 Å². The van der Waals surface area contributed by atoms with Gasteiger partial charge in [0.15, 0.2) is 5.16 Å². The summed E-state index contributed by atoms with van der Waals surface area (Å²) >= 11 is 1.37. The number of rotatable bonds is 3. The first-order valence-electron chi connectivity index (χ1n) is 5.16. The molecule has 88 valence electrons. The van der Waals surface area contributed by atoms with Crippen molar-refractivity contribution in [2.45, 2.75) is 18.6 Å². The Morgan fingerprint density at radius 1 is 1.41 bits per heavy atom. The van der Waals surface area contributed by atoms with Crippen molar-refractivity contribution in [1.82, 2.24) is 9.55 Å². The highest BCUT2D eigenvalue weighted by Crippen LogP contribution is 2.14. The van der Waals surface area contributed by atoms with Gasteiger partial charge in [-0.1, -0.05) is 23.9 Å². The van der Waals surface area contributed by atoms with E-state index in [9.17, 15) is 9.59 Å². The van der Waals surface area contributed by atoms with E-state index in [0.29, 0.717) is 16.1 Å². The van der Waals surface area contributed by atoms with Crippen molar-refractivity contribution in [2.75, 3.05) is 6.26 Å². The Morgan fingerprint density at radius 2 is 2.12 bits per heavy atom. The summed E-state index contributed by atoms with van der Waals surface area (Å²) in [5.41, 5.74) is 0.511. The van der Waals surface area contributed by atoms with Crippen molar-refractivity contribution >= 4 is 28.4 Å². The maximum atomic E-state index is 12.2. The van der Waals surface area contributed by atoms with Crippen LogP contribution < -0.4 is 5.56 Å². The van der Waals surface area contributed by atoms with Crippen molar-refractivity contribution in [1.29, 1.82) is 0 Å². The van der Waals surface area contributed by atoms with Gasteiger partial charge in [-0.3, -0.25) is 14.2 Å². The summed E-state index contributed by atoms with van der Waals surface area (Å²) in [7, 11) is 0. The lowest BCUT2D eigenvalue weighted by atomic mass is 10.2. The van der Waals surface area contributed by atoms with Gasteiger partial charge in [0, 0.05) is 0 Å². The zero-order chi connectivity index (χ0) is 12.4. The standard InChI is InChI=1S/C12H12N2O2S/c1-8(15)7-14-11(16)9-5-3-4-6-10(9)13-12(14)17-2/h3-6H,7H2,1-2H3. The van der Waals surface area contributed by atoms with Gasteiger partial charge in [0.2, 0.25) is 0 Å². The average molecular weight is 248 g/mol. The number of nitrogens with zero attached hydrogens (tertiary/aromatic N) is 2. The molecule has 0 aliphatic rings. The van der Waals surface area contributed by atoms with E-state index in [1.54, 1.807) is 18.2 Å². The highest BCUT2D eigenvalue weighted by Gasteiger charge is 2.10. The molecular weight excluding hydrogens is 236 g/mol. The summed E-state index contributed by atoms with van der Waals surface area (Å²) in [4.78, 5) is 27.8. The third-order valence-corrected chi connectivity index (χ3v) is 3.07. The van der Waals surface area contributed by atoms with Crippen LogP contribution in [0.2, 0.25) is 0 Å². The Labute approximate surface area is 103 Å². The van der Waals surface area contributed by atoms with Crippen molar-refractivity contribution in [2.24, 2.45) is 0 Å². The Morgan fingerprint density at radius 3 is 2.76 bits per heavy atom. The van der Waals surface area contributed by atoms with Gasteiger partial charge in [-0.2, -0.15) is 0 Å². The Kier molecular flexibility index (Phi) is 3.28. The molecule has 0 aliphatic carbocycles. The van der Waals surface area contributed by atoms with Crippen LogP contribution >= 0.6 is 11.8 Å². The van der Waals surface area contributed by atoms with Gasteiger partial charge in [-0.25, -0.2) is 4.98 Å². The van der Waals surface area contributed by atoms with Gasteiger partial charge in [-0.05, 0) is 25.3 Å². The second kappa shape index (κ2) is 4.71. The molecule has 1 heterocycles. The number of para-hydroxylation sites is 1. The lowest BCUT2D eigenvalue weighted by molar-refractivity contribution is -0.117. The highest BCUT2D eigenvalue weighted by molar-refractivity contribution is 7.98. The number of aromatic nitrogens is 2. The predicted molar refractivity (Wildman–Crippen MR) is 68.5 cm³/mol. The van der Waals surface area contributed by atoms with Crippen LogP contribution in [0.25, 0.3) is 10.9 Å². The largest absolute Gasteiger partial charge is 0.298 e. The van der Waals surface area contributed by atoms with Crippen LogP contribution in [-0.2, 0) is 11.3 Å². The smallest absolute Gasteiger partial charge is 0.262 e. The van der Waals surface area contributed by atoms with Crippen molar-refractivity contribution in [3.05, 3.63) is 34.6 Å². The number of carbonyl (C=O) groups is 1. The maximum absolute atomic E-state index is 12.2. The lowest BCUT2D eigenvalue weighted by Gasteiger charge is -2.09. The molecule has 0 bridgehead atoms. The van der Waals surface area contributed by atoms with Crippen LogP contribution in [0.3, 0.4) is 0 Å². The summed E-state index contributed by atoms with van der Waals surface area (Å²) < 4.78 is 1.43. The molecule has 0 saturated heterocycles. The van der Waals surface area contributed by atoms with E-state index in [0.717, 1.165) is 0 Å². The van der Waals surface area contributed by atoms with Crippen LogP contribution in [0.1, 0.15) is 6.92 Å². The normalized spacial score (nSPS) is 10.7. The molecule has 4 nitrogen and oxygen atoms in total. The van der Waals surface area contributed by atoms with E-state index in [2.05, 4.69) is 4.98 Å². The molecule has 0 fully saturated rings. The van der Waals surface area contributed by atoms with Crippen molar-refractivity contribution < 1.29 is 4.79 Å². The molecule has 0 atom stereocenters. The third-order valence-electron chi connectivity index (χ3n) is 2.39. The molecule has 17 heavy (non-hydrogen) atoms. The Balaban J connectivity index is 2.76. The second-order valence-corrected chi connectivity index (χ2v) is 4.48. The van der Waals surface area contributed by atoms with Crippen molar-refractivity contribution in [3.63, 3.8) is 0 Å². The van der Waals surface area contributed by atoms with Crippen LogP contribution in [0.15, 0.2) is 34.2 Å². The fraction of sp³-hybridized carbons (Fsp3) is 0.250. The number of benzene rings is 1. The Hall–Kier alpha value is -1.62. The van der Waals surface area contributed by atoms with Gasteiger partial charge in [0.05, 0.1) is 17.4 Å². The molecule has 0 aliphatic heterocycles. The molecule has 0 radical (unpaired) electrons. The molecule has 0 amide bonds. The number of ketones is 1. The van der Waals surface area contributed by atoms with Gasteiger partial charge in [0.1, 0.15) is 5.78 Å². The molecule has 5 heteroatoms. The van der Waals surface area contributed by atoms with E-state index >= 15 is 0 Å². The number of thioether (sulfide) groups is 1. The minimum Gasteiger partial charge on any atom is -0.298 e. The second-order valence-electron chi connectivity index (χ2n) is 3.71. The molecule has 1 aromatic heterocycles. The predicted octanol–water partition coefficient (Wildman–Crippen LogP) is 1.71. The first-order chi connectivity index (χ1) is 8.13. The first-order valence-corrected chi connectivity index (χ1v) is 6.39. The molecule has 0 spiro atoms. The van der Waals surface area contributed by atoms with Crippen molar-refractivity contribution in [3.8, 4) is 0 Å². The lowest BCUT2D eigenvalue weighted by Crippen LogP contribution is -2.25. The molecule has 2 aromatic rings. The fourth-order valence-corrected chi connectivity index (χ4v) is 2.22. The minimum absolute atomic E-state index is 0.0560. The third kappa shape index (κ3) is 2.24. The van der Waals surface area contributed by atoms with Gasteiger partial charge in [-0.15, -0.1) is 0 Å². The molecule has 2 rings (SSSR count). The van der Waals surface area contributed by atoms with Gasteiger partial charge >= 0.3 is 0 Å². The molecule has 0 saturated carbocycles. The maximum Gasteiger partial charge on any atom is 0.262 e. The number of hydrogen-bond donors (Lipinski definition) is 0. The monoisotopic (exact) mass is 248 g/mol. The first kappa shape index (κ1) is 11.9. The Bertz CT molecular complexity index is 634. The highest BCUT2D eigenvalue weighted by atomic mass is 32.2. The summed E-state index contributed by atoms with van der Waals surface area (Å²) in [6.07, 6.45) is 1.84. The molecule has 1 aromatic carbocycles. The summed E-state index contributed by atoms with van der Waals surface area (Å²) in [6, 6.07) is 7.16. The summed E-state index contributed by atoms with van der Waals surface area (Å²) in [5, 5.41) is 1.12. The van der Waals surface area contributed by atoms with E-state index in [1.807, 2.05) is 12.3 Å². The number of fused-ring (bicyclic) bond motifs is 1. The topological polar surface area (TPSA) is 52.0 Å². The van der Waals surface area contributed by atoms with Crippen LogP contribution in [0.4, 0.5) is 0 Å². The van der Waals surface area contributed by atoms with E-state index in [-0.39, 0.29) is 17.9 Å². The van der Waals surface area contributed by atoms with Crippen LogP contribution in [0.5, 0.6) is 0 Å². The van der Waals surface area contributed by atoms with Crippen LogP contribution in [-0.4, -0.2) is 21.6 Å². The minimum atomic E-state index is -0.157. The quantitative estimate of drug-likeness (QED) is 0.613. The number of carbonyl (C=O) groups excluding carboxylic acids is 1. The van der Waals surface area contributed by atoms with Gasteiger partial charge < -0.3 is 0 Å². The molecule has 0 unspecified atom stereocenters. The fourth-order valence-electron chi connectivity index (χ4n) is 1.67. The van der Waals surface area contributed by atoms with E-state index in [1.165, 1.54) is 23.3 Å². The van der Waals surface area contributed by atoms with E-state index < -0.39 is 0 Å².